The number of hydrogen-bond donors (Lipinski definition) is 1. The second-order valence-electron chi connectivity index (χ2n) is 3.53. The van der Waals surface area contributed by atoms with Gasteiger partial charge in [0.25, 0.3) is 0 Å². The third-order valence-corrected chi connectivity index (χ3v) is 2.42. The number of nitrogens with zero attached hydrogens (tertiary/aromatic N) is 4. The predicted octanol–water partition coefficient (Wildman–Crippen LogP) is 1.48. The fourth-order valence-electron chi connectivity index (χ4n) is 1.49. The molecule has 2 heterocycles. The molecule has 1 N–H and O–H groups in total. The highest BCUT2D eigenvalue weighted by Crippen LogP contribution is 2.15. The number of nitrogens with one attached hydrogen (secondary N) is 1. The molecule has 0 spiro atoms. The molecular formula is C11H15N5. The summed E-state index contributed by atoms with van der Waals surface area (Å²) < 4.78 is 1.91. The molecule has 16 heavy (non-hydrogen) atoms. The van der Waals surface area contributed by atoms with Crippen molar-refractivity contribution in [2.75, 3.05) is 12.4 Å². The average Bonchev–Trinajstić information content (AvgIpc) is 2.74. The van der Waals surface area contributed by atoms with Crippen molar-refractivity contribution in [2.45, 2.75) is 13.3 Å². The fourth-order valence-corrected chi connectivity index (χ4v) is 1.49. The SMILES string of the molecule is CCc1cc(NC)nc(-c2nccn2C)n1. The first-order valence-corrected chi connectivity index (χ1v) is 5.28. The van der Waals surface area contributed by atoms with Gasteiger partial charge in [-0.1, -0.05) is 6.92 Å². The molecule has 0 radical (unpaired) electrons. The molecule has 0 aliphatic heterocycles. The first kappa shape index (κ1) is 10.6. The maximum absolute atomic E-state index is 4.47. The van der Waals surface area contributed by atoms with Crippen molar-refractivity contribution in [1.82, 2.24) is 19.5 Å². The van der Waals surface area contributed by atoms with Gasteiger partial charge in [0.15, 0.2) is 11.6 Å². The first-order chi connectivity index (χ1) is 7.74. The summed E-state index contributed by atoms with van der Waals surface area (Å²) in [5.74, 6) is 2.27. The van der Waals surface area contributed by atoms with Crippen LogP contribution in [0.1, 0.15) is 12.6 Å². The minimum atomic E-state index is 0.663. The van der Waals surface area contributed by atoms with Gasteiger partial charge in [-0.25, -0.2) is 15.0 Å². The van der Waals surface area contributed by atoms with Crippen molar-refractivity contribution in [1.29, 1.82) is 0 Å². The van der Waals surface area contributed by atoms with Gasteiger partial charge < -0.3 is 9.88 Å². The second kappa shape index (κ2) is 4.30. The molecule has 0 amide bonds. The largest absolute Gasteiger partial charge is 0.373 e. The summed E-state index contributed by atoms with van der Waals surface area (Å²) in [4.78, 5) is 13.1. The highest BCUT2D eigenvalue weighted by molar-refractivity contribution is 5.49. The molecule has 0 aliphatic rings. The Kier molecular flexibility index (Phi) is 2.85. The lowest BCUT2D eigenvalue weighted by Gasteiger charge is -2.06. The molecule has 0 fully saturated rings. The lowest BCUT2D eigenvalue weighted by Crippen LogP contribution is -2.03. The average molecular weight is 217 g/mol. The minimum Gasteiger partial charge on any atom is -0.373 e. The normalized spacial score (nSPS) is 10.4. The number of hydrogen-bond acceptors (Lipinski definition) is 4. The molecule has 5 nitrogen and oxygen atoms in total. The zero-order valence-corrected chi connectivity index (χ0v) is 9.73. The molecule has 0 aromatic carbocycles. The Morgan fingerprint density at radius 2 is 2.19 bits per heavy atom. The van der Waals surface area contributed by atoms with Crippen LogP contribution in [-0.4, -0.2) is 26.6 Å². The van der Waals surface area contributed by atoms with E-state index >= 15 is 0 Å². The molecule has 0 bridgehead atoms. The van der Waals surface area contributed by atoms with E-state index in [2.05, 4.69) is 27.2 Å². The quantitative estimate of drug-likeness (QED) is 0.846. The van der Waals surface area contributed by atoms with Crippen molar-refractivity contribution in [3.63, 3.8) is 0 Å². The van der Waals surface area contributed by atoms with E-state index in [1.54, 1.807) is 6.20 Å². The molecule has 5 heteroatoms. The van der Waals surface area contributed by atoms with Crippen LogP contribution in [0.5, 0.6) is 0 Å². The van der Waals surface area contributed by atoms with Crippen LogP contribution in [0.3, 0.4) is 0 Å². The maximum Gasteiger partial charge on any atom is 0.198 e. The minimum absolute atomic E-state index is 0.663. The molecule has 2 rings (SSSR count). The number of anilines is 1. The van der Waals surface area contributed by atoms with Crippen LogP contribution >= 0.6 is 0 Å². The van der Waals surface area contributed by atoms with Crippen molar-refractivity contribution >= 4 is 5.82 Å². The van der Waals surface area contributed by atoms with E-state index < -0.39 is 0 Å². The zero-order chi connectivity index (χ0) is 11.5. The Balaban J connectivity index is 2.52. The summed E-state index contributed by atoms with van der Waals surface area (Å²) in [5.41, 5.74) is 1.01. The first-order valence-electron chi connectivity index (χ1n) is 5.28. The van der Waals surface area contributed by atoms with Crippen LogP contribution < -0.4 is 5.32 Å². The molecule has 0 saturated carbocycles. The summed E-state index contributed by atoms with van der Waals surface area (Å²) in [7, 11) is 3.79. The van der Waals surface area contributed by atoms with Gasteiger partial charge in [0, 0.05) is 38.2 Å². The highest BCUT2D eigenvalue weighted by Gasteiger charge is 2.09. The topological polar surface area (TPSA) is 55.6 Å². The fraction of sp³-hybridized carbons (Fsp3) is 0.364. The Morgan fingerprint density at radius 3 is 2.75 bits per heavy atom. The van der Waals surface area contributed by atoms with E-state index in [1.807, 2.05) is 30.9 Å². The molecule has 84 valence electrons. The molecule has 2 aromatic heterocycles. The van der Waals surface area contributed by atoms with Crippen LogP contribution in [0.4, 0.5) is 5.82 Å². The van der Waals surface area contributed by atoms with Gasteiger partial charge >= 0.3 is 0 Å². The molecular weight excluding hydrogens is 202 g/mol. The summed E-state index contributed by atoms with van der Waals surface area (Å²) in [6.45, 7) is 2.07. The van der Waals surface area contributed by atoms with Gasteiger partial charge in [0.2, 0.25) is 0 Å². The Bertz CT molecular complexity index is 467. The molecule has 0 atom stereocenters. The maximum atomic E-state index is 4.47. The van der Waals surface area contributed by atoms with Crippen LogP contribution in [0.2, 0.25) is 0 Å². The summed E-state index contributed by atoms with van der Waals surface area (Å²) in [5, 5.41) is 3.04. The number of rotatable bonds is 3. The van der Waals surface area contributed by atoms with E-state index in [4.69, 9.17) is 0 Å². The zero-order valence-electron chi connectivity index (χ0n) is 9.73. The Morgan fingerprint density at radius 1 is 1.38 bits per heavy atom. The third kappa shape index (κ3) is 1.88. The van der Waals surface area contributed by atoms with E-state index in [-0.39, 0.29) is 0 Å². The van der Waals surface area contributed by atoms with Crippen LogP contribution in [0.15, 0.2) is 18.5 Å². The lowest BCUT2D eigenvalue weighted by atomic mass is 10.3. The van der Waals surface area contributed by atoms with Gasteiger partial charge in [-0.3, -0.25) is 0 Å². The molecule has 0 saturated heterocycles. The lowest BCUT2D eigenvalue weighted by molar-refractivity contribution is 0.896. The van der Waals surface area contributed by atoms with Gasteiger partial charge in [-0.05, 0) is 6.42 Å². The number of aryl methyl sites for hydroxylation is 2. The summed E-state index contributed by atoms with van der Waals surface area (Å²) in [6, 6.07) is 1.95. The molecule has 2 aromatic rings. The molecule has 0 unspecified atom stereocenters. The van der Waals surface area contributed by atoms with E-state index in [9.17, 15) is 0 Å². The Labute approximate surface area is 94.6 Å². The molecule has 0 aliphatic carbocycles. The highest BCUT2D eigenvalue weighted by atomic mass is 15.1. The van der Waals surface area contributed by atoms with Crippen molar-refractivity contribution in [3.8, 4) is 11.6 Å². The summed E-state index contributed by atoms with van der Waals surface area (Å²) >= 11 is 0. The van der Waals surface area contributed by atoms with Crippen molar-refractivity contribution in [3.05, 3.63) is 24.2 Å². The van der Waals surface area contributed by atoms with E-state index in [0.29, 0.717) is 5.82 Å². The summed E-state index contributed by atoms with van der Waals surface area (Å²) in [6.07, 6.45) is 4.52. The van der Waals surface area contributed by atoms with Crippen LogP contribution in [-0.2, 0) is 13.5 Å². The standard InChI is InChI=1S/C11H15N5/c1-4-8-7-9(12-2)15-10(14-8)11-13-5-6-16(11)3/h5-7H,4H2,1-3H3,(H,12,14,15). The van der Waals surface area contributed by atoms with Crippen molar-refractivity contribution in [2.24, 2.45) is 7.05 Å². The number of aromatic nitrogens is 4. The van der Waals surface area contributed by atoms with Gasteiger partial charge in [-0.2, -0.15) is 0 Å². The van der Waals surface area contributed by atoms with Gasteiger partial charge in [0.05, 0.1) is 0 Å². The van der Waals surface area contributed by atoms with Crippen molar-refractivity contribution < 1.29 is 0 Å². The number of imidazole rings is 1. The van der Waals surface area contributed by atoms with Crippen LogP contribution in [0.25, 0.3) is 11.6 Å². The van der Waals surface area contributed by atoms with E-state index in [0.717, 1.165) is 23.8 Å². The Hall–Kier alpha value is -1.91. The predicted molar refractivity (Wildman–Crippen MR) is 63.2 cm³/mol. The second-order valence-corrected chi connectivity index (χ2v) is 3.53. The van der Waals surface area contributed by atoms with E-state index in [1.165, 1.54) is 0 Å². The van der Waals surface area contributed by atoms with Crippen LogP contribution in [0, 0.1) is 0 Å². The monoisotopic (exact) mass is 217 g/mol. The van der Waals surface area contributed by atoms with Gasteiger partial charge in [0.1, 0.15) is 5.82 Å². The van der Waals surface area contributed by atoms with Gasteiger partial charge in [-0.15, -0.1) is 0 Å². The third-order valence-electron chi connectivity index (χ3n) is 2.42. The smallest absolute Gasteiger partial charge is 0.198 e.